The lowest BCUT2D eigenvalue weighted by Gasteiger charge is -2.13. The number of nitrogens with zero attached hydrogens (tertiary/aromatic N) is 4. The Bertz CT molecular complexity index is 1040. The molecule has 3 aromatic rings. The van der Waals surface area contributed by atoms with Crippen molar-refractivity contribution < 1.29 is 23.5 Å². The first-order valence-corrected chi connectivity index (χ1v) is 12.1. The first-order chi connectivity index (χ1) is 15.6. The number of ether oxygens (including phenoxy) is 2. The van der Waals surface area contributed by atoms with Crippen molar-refractivity contribution in [2.24, 2.45) is 0 Å². The van der Waals surface area contributed by atoms with Crippen LogP contribution in [0.2, 0.25) is 0 Å². The second-order valence-corrected chi connectivity index (χ2v) is 8.79. The molecule has 32 heavy (non-hydrogen) atoms. The average Bonchev–Trinajstić information content (AvgIpc) is 3.56. The van der Waals surface area contributed by atoms with E-state index in [1.54, 1.807) is 24.6 Å². The minimum Gasteiger partial charge on any atom is -0.466 e. The molecule has 1 unspecified atom stereocenters. The summed E-state index contributed by atoms with van der Waals surface area (Å²) in [6.07, 6.45) is 3.75. The van der Waals surface area contributed by atoms with Crippen LogP contribution in [-0.4, -0.2) is 56.7 Å². The normalized spacial score (nSPS) is 15.7. The van der Waals surface area contributed by atoms with E-state index in [1.165, 1.54) is 23.1 Å². The van der Waals surface area contributed by atoms with Gasteiger partial charge in [-0.3, -0.25) is 14.2 Å². The van der Waals surface area contributed by atoms with Crippen molar-refractivity contribution in [2.45, 2.75) is 44.0 Å². The van der Waals surface area contributed by atoms with Crippen LogP contribution in [0.1, 0.15) is 25.5 Å². The summed E-state index contributed by atoms with van der Waals surface area (Å²) in [5, 5.41) is 14.1. The molecule has 0 aliphatic carbocycles. The Hall–Kier alpha value is -2.70. The van der Waals surface area contributed by atoms with E-state index in [-0.39, 0.29) is 30.2 Å². The summed E-state index contributed by atoms with van der Waals surface area (Å²) in [6.45, 7) is 3.42. The topological polar surface area (TPSA) is 121 Å². The van der Waals surface area contributed by atoms with Crippen molar-refractivity contribution in [3.63, 3.8) is 0 Å². The Balaban J connectivity index is 1.37. The Morgan fingerprint density at radius 3 is 3.06 bits per heavy atom. The Morgan fingerprint density at radius 1 is 1.41 bits per heavy atom. The van der Waals surface area contributed by atoms with Crippen LogP contribution in [0.4, 0.5) is 5.13 Å². The molecule has 0 radical (unpaired) electrons. The molecule has 1 saturated heterocycles. The molecular formula is C20H23N5O5S2. The standard InChI is InChI=1S/C20H23N5O5S2/c1-2-28-17(27)9-13-11-31-19(21-13)22-16(26)12-32-20-24-23-18(15-6-4-8-30-15)25(20)10-14-5-3-7-29-14/h4,6,8,11,14H,2-3,5,7,9-10,12H2,1H3,(H,21,22,26). The zero-order valence-electron chi connectivity index (χ0n) is 17.5. The molecule has 4 heterocycles. The number of furan rings is 1. The van der Waals surface area contributed by atoms with Gasteiger partial charge in [-0.2, -0.15) is 0 Å². The van der Waals surface area contributed by atoms with Gasteiger partial charge >= 0.3 is 5.97 Å². The predicted molar refractivity (Wildman–Crippen MR) is 119 cm³/mol. The smallest absolute Gasteiger partial charge is 0.311 e. The van der Waals surface area contributed by atoms with Crippen LogP contribution < -0.4 is 5.32 Å². The zero-order chi connectivity index (χ0) is 22.3. The number of carbonyl (C=O) groups excluding carboxylic acids is 2. The number of nitrogens with one attached hydrogen (secondary N) is 1. The van der Waals surface area contributed by atoms with Crippen molar-refractivity contribution in [1.29, 1.82) is 0 Å². The van der Waals surface area contributed by atoms with Gasteiger partial charge in [0.05, 0.1) is 43.4 Å². The number of thioether (sulfide) groups is 1. The molecule has 4 rings (SSSR count). The van der Waals surface area contributed by atoms with E-state index in [2.05, 4.69) is 20.5 Å². The summed E-state index contributed by atoms with van der Waals surface area (Å²) in [5.41, 5.74) is 0.566. The van der Waals surface area contributed by atoms with Gasteiger partial charge in [0.25, 0.3) is 0 Å². The van der Waals surface area contributed by atoms with Gasteiger partial charge < -0.3 is 19.2 Å². The van der Waals surface area contributed by atoms with Gasteiger partial charge in [0.2, 0.25) is 11.7 Å². The maximum Gasteiger partial charge on any atom is 0.311 e. The van der Waals surface area contributed by atoms with Gasteiger partial charge in [-0.15, -0.1) is 21.5 Å². The molecule has 1 amide bonds. The van der Waals surface area contributed by atoms with Gasteiger partial charge in [0, 0.05) is 12.0 Å². The molecule has 0 aromatic carbocycles. The van der Waals surface area contributed by atoms with Crippen LogP contribution in [0.5, 0.6) is 0 Å². The molecule has 170 valence electrons. The summed E-state index contributed by atoms with van der Waals surface area (Å²) in [4.78, 5) is 28.3. The number of amides is 1. The van der Waals surface area contributed by atoms with Crippen molar-refractivity contribution in [2.75, 3.05) is 24.3 Å². The number of esters is 1. The minimum atomic E-state index is -0.343. The average molecular weight is 478 g/mol. The summed E-state index contributed by atoms with van der Waals surface area (Å²) < 4.78 is 18.1. The quantitative estimate of drug-likeness (QED) is 0.347. The SMILES string of the molecule is CCOC(=O)Cc1csc(NC(=O)CSc2nnc(-c3ccco3)n2CC2CCCO2)n1. The molecule has 3 aromatic heterocycles. The monoisotopic (exact) mass is 477 g/mol. The highest BCUT2D eigenvalue weighted by molar-refractivity contribution is 7.99. The summed E-state index contributed by atoms with van der Waals surface area (Å²) in [5.74, 6) is 0.789. The number of anilines is 1. The lowest BCUT2D eigenvalue weighted by Crippen LogP contribution is -2.18. The van der Waals surface area contributed by atoms with E-state index in [0.29, 0.717) is 40.7 Å². The van der Waals surface area contributed by atoms with Crippen LogP contribution in [0.15, 0.2) is 33.3 Å². The third-order valence-electron chi connectivity index (χ3n) is 4.63. The number of aromatic nitrogens is 4. The van der Waals surface area contributed by atoms with E-state index in [9.17, 15) is 9.59 Å². The number of carbonyl (C=O) groups is 2. The van der Waals surface area contributed by atoms with E-state index in [1.807, 2.05) is 10.6 Å². The van der Waals surface area contributed by atoms with Crippen LogP contribution in [0.25, 0.3) is 11.6 Å². The molecule has 12 heteroatoms. The summed E-state index contributed by atoms with van der Waals surface area (Å²) >= 11 is 2.55. The van der Waals surface area contributed by atoms with Crippen molar-refractivity contribution >= 4 is 40.1 Å². The fourth-order valence-electron chi connectivity index (χ4n) is 3.23. The van der Waals surface area contributed by atoms with E-state index < -0.39 is 0 Å². The van der Waals surface area contributed by atoms with Crippen molar-refractivity contribution in [3.8, 4) is 11.6 Å². The number of thiazole rings is 1. The molecule has 0 saturated carbocycles. The summed E-state index contributed by atoms with van der Waals surface area (Å²) in [7, 11) is 0. The van der Waals surface area contributed by atoms with E-state index >= 15 is 0 Å². The number of hydrogen-bond donors (Lipinski definition) is 1. The Labute approximate surface area is 192 Å². The first-order valence-electron chi connectivity index (χ1n) is 10.2. The second-order valence-electron chi connectivity index (χ2n) is 6.99. The molecule has 1 atom stereocenters. The van der Waals surface area contributed by atoms with Gasteiger partial charge in [0.15, 0.2) is 16.0 Å². The third kappa shape index (κ3) is 5.75. The van der Waals surface area contributed by atoms with E-state index in [0.717, 1.165) is 19.4 Å². The van der Waals surface area contributed by atoms with Crippen LogP contribution in [-0.2, 0) is 32.0 Å². The fraction of sp³-hybridized carbons (Fsp3) is 0.450. The van der Waals surface area contributed by atoms with Crippen molar-refractivity contribution in [3.05, 3.63) is 29.5 Å². The zero-order valence-corrected chi connectivity index (χ0v) is 19.1. The van der Waals surface area contributed by atoms with Gasteiger partial charge in [-0.1, -0.05) is 11.8 Å². The van der Waals surface area contributed by atoms with Crippen LogP contribution >= 0.6 is 23.1 Å². The molecule has 1 fully saturated rings. The van der Waals surface area contributed by atoms with E-state index in [4.69, 9.17) is 13.9 Å². The maximum atomic E-state index is 12.5. The lowest BCUT2D eigenvalue weighted by molar-refractivity contribution is -0.142. The van der Waals surface area contributed by atoms with Crippen LogP contribution in [0.3, 0.4) is 0 Å². The Kier molecular flexibility index (Phi) is 7.55. The molecule has 1 N–H and O–H groups in total. The largest absolute Gasteiger partial charge is 0.466 e. The molecule has 1 aliphatic rings. The lowest BCUT2D eigenvalue weighted by atomic mass is 10.2. The predicted octanol–water partition coefficient (Wildman–Crippen LogP) is 3.01. The molecule has 0 bridgehead atoms. The molecular weight excluding hydrogens is 454 g/mol. The number of rotatable bonds is 10. The highest BCUT2D eigenvalue weighted by atomic mass is 32.2. The minimum absolute atomic E-state index is 0.0802. The fourth-order valence-corrected chi connectivity index (χ4v) is 4.71. The Morgan fingerprint density at radius 2 is 2.31 bits per heavy atom. The highest BCUT2D eigenvalue weighted by Crippen LogP contribution is 2.27. The molecule has 1 aliphatic heterocycles. The van der Waals surface area contributed by atoms with Gasteiger partial charge in [-0.25, -0.2) is 4.98 Å². The van der Waals surface area contributed by atoms with Gasteiger partial charge in [0.1, 0.15) is 0 Å². The first kappa shape index (κ1) is 22.5. The van der Waals surface area contributed by atoms with Crippen LogP contribution in [0, 0.1) is 0 Å². The maximum absolute atomic E-state index is 12.5. The molecule has 0 spiro atoms. The highest BCUT2D eigenvalue weighted by Gasteiger charge is 2.23. The molecule has 10 nitrogen and oxygen atoms in total. The number of hydrogen-bond acceptors (Lipinski definition) is 10. The summed E-state index contributed by atoms with van der Waals surface area (Å²) in [6, 6.07) is 3.62. The second kappa shape index (κ2) is 10.7. The van der Waals surface area contributed by atoms with Crippen molar-refractivity contribution in [1.82, 2.24) is 19.7 Å². The third-order valence-corrected chi connectivity index (χ3v) is 6.40. The van der Waals surface area contributed by atoms with Gasteiger partial charge in [-0.05, 0) is 31.9 Å².